The summed E-state index contributed by atoms with van der Waals surface area (Å²) < 4.78 is 5.66. The van der Waals surface area contributed by atoms with E-state index in [0.29, 0.717) is 24.6 Å². The van der Waals surface area contributed by atoms with E-state index in [1.165, 1.54) is 5.56 Å². The number of amides is 2. The number of hydrogen-bond acceptors (Lipinski definition) is 4. The number of carbonyl (C=O) groups is 1. The SMILES string of the molecule is CCCOc1ccccc1NC(=O)NC[C@@H](c1ccsc1)N(C)C. The predicted molar refractivity (Wildman–Crippen MR) is 100.0 cm³/mol. The fourth-order valence-corrected chi connectivity index (χ4v) is 3.03. The highest BCUT2D eigenvalue weighted by Gasteiger charge is 2.16. The Kier molecular flexibility index (Phi) is 7.08. The second kappa shape index (κ2) is 9.30. The summed E-state index contributed by atoms with van der Waals surface area (Å²) in [6, 6.07) is 9.47. The van der Waals surface area contributed by atoms with Gasteiger partial charge >= 0.3 is 6.03 Å². The zero-order valence-electron chi connectivity index (χ0n) is 14.4. The van der Waals surface area contributed by atoms with Gasteiger partial charge in [-0.15, -0.1) is 0 Å². The van der Waals surface area contributed by atoms with E-state index >= 15 is 0 Å². The number of urea groups is 1. The lowest BCUT2D eigenvalue weighted by atomic mass is 10.1. The smallest absolute Gasteiger partial charge is 0.319 e. The fourth-order valence-electron chi connectivity index (χ4n) is 2.33. The van der Waals surface area contributed by atoms with Crippen molar-refractivity contribution in [2.45, 2.75) is 19.4 Å². The van der Waals surface area contributed by atoms with Gasteiger partial charge in [-0.25, -0.2) is 4.79 Å². The highest BCUT2D eigenvalue weighted by molar-refractivity contribution is 7.07. The number of carbonyl (C=O) groups excluding carboxylic acids is 1. The van der Waals surface area contributed by atoms with Crippen molar-refractivity contribution in [2.24, 2.45) is 0 Å². The van der Waals surface area contributed by atoms with Crippen LogP contribution in [0.25, 0.3) is 0 Å². The molecule has 2 N–H and O–H groups in total. The Morgan fingerprint density at radius 2 is 2.08 bits per heavy atom. The molecule has 0 aliphatic rings. The number of thiophene rings is 1. The standard InChI is InChI=1S/C18H25N3O2S/c1-4-10-23-17-8-6-5-7-15(17)20-18(22)19-12-16(21(2)3)14-9-11-24-13-14/h5-9,11,13,16H,4,10,12H2,1-3H3,(H2,19,20,22)/t16-/m0/s1. The van der Waals surface area contributed by atoms with E-state index in [-0.39, 0.29) is 12.1 Å². The Bertz CT molecular complexity index is 629. The number of nitrogens with zero attached hydrogens (tertiary/aromatic N) is 1. The molecule has 2 aromatic rings. The first-order valence-electron chi connectivity index (χ1n) is 8.07. The number of nitrogens with one attached hydrogen (secondary N) is 2. The molecule has 0 spiro atoms. The minimum Gasteiger partial charge on any atom is -0.491 e. The van der Waals surface area contributed by atoms with Crippen molar-refractivity contribution in [1.82, 2.24) is 10.2 Å². The van der Waals surface area contributed by atoms with Gasteiger partial charge in [-0.2, -0.15) is 11.3 Å². The highest BCUT2D eigenvalue weighted by atomic mass is 32.1. The van der Waals surface area contributed by atoms with Gasteiger partial charge in [0, 0.05) is 6.54 Å². The second-order valence-corrected chi connectivity index (χ2v) is 6.50. The van der Waals surface area contributed by atoms with Gasteiger partial charge in [-0.05, 0) is 55.0 Å². The van der Waals surface area contributed by atoms with Crippen LogP contribution >= 0.6 is 11.3 Å². The van der Waals surface area contributed by atoms with Crippen molar-refractivity contribution in [3.05, 3.63) is 46.7 Å². The Hall–Kier alpha value is -2.05. The average Bonchev–Trinajstić information content (AvgIpc) is 3.08. The molecule has 0 unspecified atom stereocenters. The molecule has 0 saturated heterocycles. The van der Waals surface area contributed by atoms with Crippen LogP contribution in [0.4, 0.5) is 10.5 Å². The van der Waals surface area contributed by atoms with E-state index in [2.05, 4.69) is 33.9 Å². The number of ether oxygens (including phenoxy) is 1. The van der Waals surface area contributed by atoms with Crippen LogP contribution in [0.5, 0.6) is 5.75 Å². The number of hydrogen-bond donors (Lipinski definition) is 2. The maximum atomic E-state index is 12.2. The molecule has 0 radical (unpaired) electrons. The normalized spacial score (nSPS) is 12.0. The molecule has 1 atom stereocenters. The fraction of sp³-hybridized carbons (Fsp3) is 0.389. The van der Waals surface area contributed by atoms with Crippen LogP contribution in [-0.2, 0) is 0 Å². The number of para-hydroxylation sites is 2. The summed E-state index contributed by atoms with van der Waals surface area (Å²) >= 11 is 1.66. The van der Waals surface area contributed by atoms with Gasteiger partial charge in [0.2, 0.25) is 0 Å². The number of rotatable bonds is 8. The van der Waals surface area contributed by atoms with Gasteiger partial charge in [0.15, 0.2) is 0 Å². The zero-order chi connectivity index (χ0) is 17.4. The van der Waals surface area contributed by atoms with Gasteiger partial charge in [-0.3, -0.25) is 0 Å². The van der Waals surface area contributed by atoms with Crippen molar-refractivity contribution >= 4 is 23.1 Å². The van der Waals surface area contributed by atoms with E-state index in [4.69, 9.17) is 4.74 Å². The third-order valence-corrected chi connectivity index (χ3v) is 4.31. The average molecular weight is 347 g/mol. The van der Waals surface area contributed by atoms with Gasteiger partial charge in [-0.1, -0.05) is 19.1 Å². The van der Waals surface area contributed by atoms with Crippen LogP contribution in [0.2, 0.25) is 0 Å². The Morgan fingerprint density at radius 3 is 2.75 bits per heavy atom. The van der Waals surface area contributed by atoms with Crippen molar-refractivity contribution in [1.29, 1.82) is 0 Å². The Morgan fingerprint density at radius 1 is 1.29 bits per heavy atom. The molecule has 2 amide bonds. The molecular formula is C18H25N3O2S. The maximum absolute atomic E-state index is 12.2. The molecule has 24 heavy (non-hydrogen) atoms. The van der Waals surface area contributed by atoms with E-state index in [9.17, 15) is 4.79 Å². The minimum absolute atomic E-state index is 0.147. The summed E-state index contributed by atoms with van der Waals surface area (Å²) in [5, 5.41) is 9.97. The first kappa shape index (κ1) is 18.3. The summed E-state index contributed by atoms with van der Waals surface area (Å²) in [5.41, 5.74) is 1.89. The largest absolute Gasteiger partial charge is 0.491 e. The van der Waals surface area contributed by atoms with Crippen molar-refractivity contribution in [3.8, 4) is 5.75 Å². The molecule has 2 rings (SSSR count). The lowest BCUT2D eigenvalue weighted by Crippen LogP contribution is -2.36. The highest BCUT2D eigenvalue weighted by Crippen LogP contribution is 2.24. The summed E-state index contributed by atoms with van der Waals surface area (Å²) in [6.07, 6.45) is 0.922. The van der Waals surface area contributed by atoms with E-state index < -0.39 is 0 Å². The molecule has 0 aliphatic carbocycles. The summed E-state index contributed by atoms with van der Waals surface area (Å²) in [5.74, 6) is 0.691. The van der Waals surface area contributed by atoms with Crippen LogP contribution in [-0.4, -0.2) is 38.2 Å². The van der Waals surface area contributed by atoms with Gasteiger partial charge in [0.1, 0.15) is 5.75 Å². The molecule has 1 heterocycles. The first-order chi connectivity index (χ1) is 11.6. The molecule has 1 aromatic heterocycles. The second-order valence-electron chi connectivity index (χ2n) is 5.72. The summed E-state index contributed by atoms with van der Waals surface area (Å²) in [4.78, 5) is 14.3. The number of anilines is 1. The lowest BCUT2D eigenvalue weighted by molar-refractivity contribution is 0.243. The van der Waals surface area contributed by atoms with Crippen molar-refractivity contribution in [2.75, 3.05) is 32.6 Å². The van der Waals surface area contributed by atoms with E-state index in [1.54, 1.807) is 11.3 Å². The van der Waals surface area contributed by atoms with Crippen LogP contribution in [0.1, 0.15) is 24.9 Å². The maximum Gasteiger partial charge on any atom is 0.319 e. The monoisotopic (exact) mass is 347 g/mol. The molecule has 1 aromatic carbocycles. The van der Waals surface area contributed by atoms with Gasteiger partial charge in [0.25, 0.3) is 0 Å². The zero-order valence-corrected chi connectivity index (χ0v) is 15.2. The molecule has 130 valence electrons. The van der Waals surface area contributed by atoms with E-state index in [0.717, 1.165) is 6.42 Å². The molecule has 0 aliphatic heterocycles. The lowest BCUT2D eigenvalue weighted by Gasteiger charge is -2.24. The molecule has 0 saturated carbocycles. The van der Waals surface area contributed by atoms with Gasteiger partial charge in [0.05, 0.1) is 18.3 Å². The Balaban J connectivity index is 1.93. The molecule has 0 bridgehead atoms. The van der Waals surface area contributed by atoms with Crippen molar-refractivity contribution < 1.29 is 9.53 Å². The predicted octanol–water partition coefficient (Wildman–Crippen LogP) is 3.96. The number of benzene rings is 1. The number of likely N-dealkylation sites (N-methyl/N-ethyl adjacent to an activating group) is 1. The third kappa shape index (κ3) is 5.25. The topological polar surface area (TPSA) is 53.6 Å². The third-order valence-electron chi connectivity index (χ3n) is 3.60. The van der Waals surface area contributed by atoms with Crippen LogP contribution < -0.4 is 15.4 Å². The van der Waals surface area contributed by atoms with Crippen LogP contribution in [0, 0.1) is 0 Å². The Labute approximate surface area is 147 Å². The van der Waals surface area contributed by atoms with Crippen molar-refractivity contribution in [3.63, 3.8) is 0 Å². The summed E-state index contributed by atoms with van der Waals surface area (Å²) in [7, 11) is 4.02. The summed E-state index contributed by atoms with van der Waals surface area (Å²) in [6.45, 7) is 3.21. The molecule has 5 nitrogen and oxygen atoms in total. The molecule has 0 fully saturated rings. The molecular weight excluding hydrogens is 322 g/mol. The quantitative estimate of drug-likeness (QED) is 0.760. The van der Waals surface area contributed by atoms with Crippen LogP contribution in [0.3, 0.4) is 0 Å². The van der Waals surface area contributed by atoms with E-state index in [1.807, 2.05) is 43.7 Å². The molecule has 6 heteroatoms. The van der Waals surface area contributed by atoms with Crippen LogP contribution in [0.15, 0.2) is 41.1 Å². The van der Waals surface area contributed by atoms with Gasteiger partial charge < -0.3 is 20.3 Å². The minimum atomic E-state index is -0.232. The first-order valence-corrected chi connectivity index (χ1v) is 9.01.